The highest BCUT2D eigenvalue weighted by Crippen LogP contribution is 2.42. The van der Waals surface area contributed by atoms with Crippen molar-refractivity contribution < 1.29 is 9.59 Å². The molecule has 0 aromatic carbocycles. The molecule has 2 fully saturated rings. The van der Waals surface area contributed by atoms with Crippen LogP contribution in [0.5, 0.6) is 0 Å². The Morgan fingerprint density at radius 1 is 1.29 bits per heavy atom. The van der Waals surface area contributed by atoms with Crippen LogP contribution in [0, 0.1) is 17.8 Å². The Morgan fingerprint density at radius 2 is 1.90 bits per heavy atom. The average Bonchev–Trinajstić information content (AvgIpc) is 2.67. The first-order valence-electron chi connectivity index (χ1n) is 8.13. The molecule has 1 saturated heterocycles. The van der Waals surface area contributed by atoms with Crippen molar-refractivity contribution in [2.45, 2.75) is 58.4 Å². The number of nitrogens with one attached hydrogen (secondary N) is 1. The first kappa shape index (κ1) is 16.8. The third kappa shape index (κ3) is 2.99. The van der Waals surface area contributed by atoms with Crippen molar-refractivity contribution in [3.63, 3.8) is 0 Å². The van der Waals surface area contributed by atoms with Gasteiger partial charge in [-0.3, -0.25) is 9.69 Å². The van der Waals surface area contributed by atoms with E-state index in [1.807, 2.05) is 0 Å². The molecule has 120 valence electrons. The molecule has 3 unspecified atom stereocenters. The third-order valence-electron chi connectivity index (χ3n) is 5.43. The van der Waals surface area contributed by atoms with Crippen LogP contribution in [0.25, 0.3) is 0 Å². The lowest BCUT2D eigenvalue weighted by Gasteiger charge is -2.42. The van der Waals surface area contributed by atoms with Crippen LogP contribution in [0.15, 0.2) is 0 Å². The fraction of sp³-hybridized carbons (Fsp3) is 0.875. The van der Waals surface area contributed by atoms with Crippen molar-refractivity contribution >= 4 is 27.9 Å². The van der Waals surface area contributed by atoms with Gasteiger partial charge in [-0.25, -0.2) is 4.79 Å². The monoisotopic (exact) mass is 358 g/mol. The summed E-state index contributed by atoms with van der Waals surface area (Å²) in [5.74, 6) is 0.978. The summed E-state index contributed by atoms with van der Waals surface area (Å²) >= 11 is 3.44. The van der Waals surface area contributed by atoms with Crippen molar-refractivity contribution in [3.05, 3.63) is 0 Å². The second-order valence-corrected chi connectivity index (χ2v) is 7.65. The van der Waals surface area contributed by atoms with Crippen molar-refractivity contribution in [3.8, 4) is 0 Å². The average molecular weight is 359 g/mol. The summed E-state index contributed by atoms with van der Waals surface area (Å²) in [7, 11) is 0. The van der Waals surface area contributed by atoms with Gasteiger partial charge in [-0.15, -0.1) is 0 Å². The second-order valence-electron chi connectivity index (χ2n) is 6.86. The molecule has 1 spiro atoms. The number of urea groups is 1. The van der Waals surface area contributed by atoms with Gasteiger partial charge in [0.15, 0.2) is 0 Å². The van der Waals surface area contributed by atoms with Gasteiger partial charge < -0.3 is 5.32 Å². The Morgan fingerprint density at radius 3 is 2.48 bits per heavy atom. The van der Waals surface area contributed by atoms with E-state index in [1.54, 1.807) is 0 Å². The molecule has 0 aromatic rings. The molecule has 0 radical (unpaired) electrons. The highest BCUT2D eigenvalue weighted by Gasteiger charge is 2.58. The van der Waals surface area contributed by atoms with E-state index in [0.717, 1.165) is 37.4 Å². The normalized spacial score (nSPS) is 34.4. The second kappa shape index (κ2) is 6.67. The summed E-state index contributed by atoms with van der Waals surface area (Å²) in [4.78, 5) is 26.7. The minimum atomic E-state index is -0.645. The SMILES string of the molecule is CC(CCBr)CCN1C(=O)NC2(C1=O)C(C)CCCC2C. The zero-order valence-corrected chi connectivity index (χ0v) is 14.9. The Balaban J connectivity index is 2.09. The molecule has 3 amide bonds. The maximum Gasteiger partial charge on any atom is 0.325 e. The summed E-state index contributed by atoms with van der Waals surface area (Å²) in [6.07, 6.45) is 5.13. The van der Waals surface area contributed by atoms with Gasteiger partial charge in [0.2, 0.25) is 0 Å². The van der Waals surface area contributed by atoms with Crippen molar-refractivity contribution in [2.75, 3.05) is 11.9 Å². The predicted molar refractivity (Wildman–Crippen MR) is 87.3 cm³/mol. The minimum Gasteiger partial charge on any atom is -0.323 e. The van der Waals surface area contributed by atoms with E-state index in [1.165, 1.54) is 4.90 Å². The smallest absolute Gasteiger partial charge is 0.323 e. The van der Waals surface area contributed by atoms with Crippen LogP contribution in [0.1, 0.15) is 52.9 Å². The van der Waals surface area contributed by atoms with Crippen LogP contribution in [0.2, 0.25) is 0 Å². The first-order valence-corrected chi connectivity index (χ1v) is 9.25. The van der Waals surface area contributed by atoms with Gasteiger partial charge in [-0.05, 0) is 43.4 Å². The maximum atomic E-state index is 12.9. The lowest BCUT2D eigenvalue weighted by atomic mass is 9.67. The summed E-state index contributed by atoms with van der Waals surface area (Å²) < 4.78 is 0. The Hall–Kier alpha value is -0.580. The van der Waals surface area contributed by atoms with Crippen molar-refractivity contribution in [2.24, 2.45) is 17.8 Å². The fourth-order valence-electron chi connectivity index (χ4n) is 3.84. The predicted octanol–water partition coefficient (Wildman–Crippen LogP) is 3.54. The van der Waals surface area contributed by atoms with Gasteiger partial charge in [0.1, 0.15) is 5.54 Å². The minimum absolute atomic E-state index is 0.0123. The van der Waals surface area contributed by atoms with Crippen LogP contribution < -0.4 is 5.32 Å². The molecule has 3 atom stereocenters. The van der Waals surface area contributed by atoms with Crippen molar-refractivity contribution in [1.29, 1.82) is 0 Å². The van der Waals surface area contributed by atoms with Gasteiger partial charge >= 0.3 is 6.03 Å². The topological polar surface area (TPSA) is 49.4 Å². The van der Waals surface area contributed by atoms with E-state index in [4.69, 9.17) is 0 Å². The summed E-state index contributed by atoms with van der Waals surface area (Å²) in [6, 6.07) is -0.188. The number of imide groups is 1. The Kier molecular flexibility index (Phi) is 5.33. The summed E-state index contributed by atoms with van der Waals surface area (Å²) in [5, 5.41) is 4.02. The number of carbonyl (C=O) groups excluding carboxylic acids is 2. The summed E-state index contributed by atoms with van der Waals surface area (Å²) in [6.45, 7) is 6.91. The Labute approximate surface area is 136 Å². The number of hydrogen-bond acceptors (Lipinski definition) is 2. The first-order chi connectivity index (χ1) is 9.93. The lowest BCUT2D eigenvalue weighted by Crippen LogP contribution is -2.58. The number of amides is 3. The van der Waals surface area contributed by atoms with Crippen LogP contribution in [-0.2, 0) is 4.79 Å². The van der Waals surface area contributed by atoms with Gasteiger partial charge in [-0.1, -0.05) is 43.1 Å². The summed E-state index contributed by atoms with van der Waals surface area (Å²) in [5.41, 5.74) is -0.645. The quantitative estimate of drug-likeness (QED) is 0.603. The van der Waals surface area contributed by atoms with Gasteiger partial charge in [0, 0.05) is 11.9 Å². The van der Waals surface area contributed by atoms with E-state index in [0.29, 0.717) is 12.5 Å². The van der Waals surface area contributed by atoms with Gasteiger partial charge in [-0.2, -0.15) is 0 Å². The molecule has 1 saturated carbocycles. The molecule has 1 N–H and O–H groups in total. The molecule has 5 heteroatoms. The van der Waals surface area contributed by atoms with Crippen LogP contribution in [0.4, 0.5) is 4.79 Å². The molecule has 21 heavy (non-hydrogen) atoms. The zero-order chi connectivity index (χ0) is 15.6. The highest BCUT2D eigenvalue weighted by atomic mass is 79.9. The third-order valence-corrected chi connectivity index (χ3v) is 5.89. The van der Waals surface area contributed by atoms with Crippen molar-refractivity contribution in [1.82, 2.24) is 10.2 Å². The molecular formula is C16H27BrN2O2. The largest absolute Gasteiger partial charge is 0.325 e. The number of nitrogens with zero attached hydrogens (tertiary/aromatic N) is 1. The zero-order valence-electron chi connectivity index (χ0n) is 13.3. The lowest BCUT2D eigenvalue weighted by molar-refractivity contribution is -0.136. The van der Waals surface area contributed by atoms with E-state index < -0.39 is 5.54 Å². The number of rotatable bonds is 5. The Bertz CT molecular complexity index is 403. The molecule has 2 aliphatic rings. The van der Waals surface area contributed by atoms with E-state index in [2.05, 4.69) is 42.0 Å². The number of halogens is 1. The molecule has 2 rings (SSSR count). The van der Waals surface area contributed by atoms with E-state index >= 15 is 0 Å². The fourth-order valence-corrected chi connectivity index (χ4v) is 4.62. The molecule has 0 bridgehead atoms. The number of carbonyl (C=O) groups is 2. The standard InChI is InChI=1S/C16H27BrN2O2/c1-11(7-9-17)8-10-19-14(20)16(18-15(19)21)12(2)5-4-6-13(16)3/h11-13H,4-10H2,1-3H3,(H,18,21). The molecule has 1 aliphatic carbocycles. The highest BCUT2D eigenvalue weighted by molar-refractivity contribution is 9.09. The van der Waals surface area contributed by atoms with Gasteiger partial charge in [0.05, 0.1) is 0 Å². The number of hydrogen-bond donors (Lipinski definition) is 1. The van der Waals surface area contributed by atoms with Crippen LogP contribution >= 0.6 is 15.9 Å². The molecule has 1 heterocycles. The number of alkyl halides is 1. The molecular weight excluding hydrogens is 332 g/mol. The maximum absolute atomic E-state index is 12.9. The van der Waals surface area contributed by atoms with E-state index in [9.17, 15) is 9.59 Å². The van der Waals surface area contributed by atoms with Crippen LogP contribution in [-0.4, -0.2) is 34.3 Å². The molecule has 1 aliphatic heterocycles. The van der Waals surface area contributed by atoms with Crippen LogP contribution in [0.3, 0.4) is 0 Å². The van der Waals surface area contributed by atoms with E-state index in [-0.39, 0.29) is 23.8 Å². The van der Waals surface area contributed by atoms with Gasteiger partial charge in [0.25, 0.3) is 5.91 Å². The molecule has 4 nitrogen and oxygen atoms in total. The molecule has 0 aromatic heterocycles.